The second-order valence-electron chi connectivity index (χ2n) is 2.16. The molecular formula is C6H12N2O4. The van der Waals surface area contributed by atoms with Gasteiger partial charge in [0.2, 0.25) is 0 Å². The van der Waals surface area contributed by atoms with Crippen LogP contribution in [0.1, 0.15) is 12.8 Å². The first kappa shape index (κ1) is 10.9. The first-order valence-corrected chi connectivity index (χ1v) is 3.34. The van der Waals surface area contributed by atoms with Crippen molar-refractivity contribution in [3.63, 3.8) is 0 Å². The molecule has 0 saturated carbocycles. The standard InChI is InChI=1S/C6H12N2O4/c1-11-5(9)3-2-4(7)6(10)12-8/h4H,2-3,7-8H2,1H3/t4-/m0/s1. The first-order valence-electron chi connectivity index (χ1n) is 3.34. The number of carbonyl (C=O) groups excluding carboxylic acids is 2. The van der Waals surface area contributed by atoms with Crippen LogP contribution in [0.2, 0.25) is 0 Å². The molecule has 70 valence electrons. The molecule has 0 aromatic rings. The summed E-state index contributed by atoms with van der Waals surface area (Å²) in [5, 5.41) is 0. The molecule has 0 bridgehead atoms. The van der Waals surface area contributed by atoms with Gasteiger partial charge in [-0.3, -0.25) is 4.79 Å². The van der Waals surface area contributed by atoms with E-state index in [4.69, 9.17) is 5.73 Å². The molecule has 4 N–H and O–H groups in total. The van der Waals surface area contributed by atoms with E-state index in [1.807, 2.05) is 0 Å². The maximum atomic E-state index is 10.6. The smallest absolute Gasteiger partial charge is 0.341 e. The molecule has 0 amide bonds. The predicted molar refractivity (Wildman–Crippen MR) is 39.5 cm³/mol. The fourth-order valence-electron chi connectivity index (χ4n) is 0.581. The average molecular weight is 176 g/mol. The lowest BCUT2D eigenvalue weighted by Crippen LogP contribution is -2.34. The summed E-state index contributed by atoms with van der Waals surface area (Å²) in [6, 6.07) is -0.867. The largest absolute Gasteiger partial charge is 0.469 e. The van der Waals surface area contributed by atoms with E-state index in [1.165, 1.54) is 7.11 Å². The highest BCUT2D eigenvalue weighted by Gasteiger charge is 2.15. The van der Waals surface area contributed by atoms with E-state index in [9.17, 15) is 9.59 Å². The Hall–Kier alpha value is -1.14. The molecule has 0 saturated heterocycles. The maximum Gasteiger partial charge on any atom is 0.341 e. The van der Waals surface area contributed by atoms with Crippen LogP contribution in [0.15, 0.2) is 0 Å². The number of methoxy groups -OCH3 is 1. The number of carbonyl (C=O) groups is 2. The monoisotopic (exact) mass is 176 g/mol. The molecule has 12 heavy (non-hydrogen) atoms. The molecule has 0 heterocycles. The highest BCUT2D eigenvalue weighted by atomic mass is 16.7. The minimum Gasteiger partial charge on any atom is -0.469 e. The van der Waals surface area contributed by atoms with Gasteiger partial charge in [0.1, 0.15) is 6.04 Å². The Kier molecular flexibility index (Phi) is 4.98. The third kappa shape index (κ3) is 3.89. The lowest BCUT2D eigenvalue weighted by molar-refractivity contribution is -0.146. The van der Waals surface area contributed by atoms with Crippen molar-refractivity contribution < 1.29 is 19.2 Å². The van der Waals surface area contributed by atoms with Crippen LogP contribution in [0, 0.1) is 0 Å². The van der Waals surface area contributed by atoms with Gasteiger partial charge >= 0.3 is 11.9 Å². The van der Waals surface area contributed by atoms with Crippen molar-refractivity contribution in [1.29, 1.82) is 0 Å². The van der Waals surface area contributed by atoms with Gasteiger partial charge in [-0.05, 0) is 6.42 Å². The third-order valence-corrected chi connectivity index (χ3v) is 1.31. The van der Waals surface area contributed by atoms with Crippen LogP contribution in [0.3, 0.4) is 0 Å². The third-order valence-electron chi connectivity index (χ3n) is 1.31. The van der Waals surface area contributed by atoms with E-state index in [0.29, 0.717) is 0 Å². The highest BCUT2D eigenvalue weighted by Crippen LogP contribution is 1.97. The Labute approximate surface area is 69.7 Å². The second kappa shape index (κ2) is 5.50. The lowest BCUT2D eigenvalue weighted by Gasteiger charge is -2.06. The van der Waals surface area contributed by atoms with Crippen LogP contribution in [-0.2, 0) is 19.2 Å². The van der Waals surface area contributed by atoms with E-state index in [2.05, 4.69) is 15.5 Å². The molecule has 0 aromatic heterocycles. The summed E-state index contributed by atoms with van der Waals surface area (Å²) in [5.41, 5.74) is 5.27. The Morgan fingerprint density at radius 1 is 1.50 bits per heavy atom. The van der Waals surface area contributed by atoms with Gasteiger partial charge in [0.15, 0.2) is 0 Å². The molecule has 0 aliphatic rings. The van der Waals surface area contributed by atoms with Gasteiger partial charge in [-0.1, -0.05) is 0 Å². The molecule has 0 fully saturated rings. The topological polar surface area (TPSA) is 105 Å². The fraction of sp³-hybridized carbons (Fsp3) is 0.667. The number of esters is 1. The molecule has 0 aliphatic carbocycles. The second-order valence-corrected chi connectivity index (χ2v) is 2.16. The van der Waals surface area contributed by atoms with Gasteiger partial charge in [0.05, 0.1) is 7.11 Å². The van der Waals surface area contributed by atoms with Crippen LogP contribution in [0.5, 0.6) is 0 Å². The van der Waals surface area contributed by atoms with Crippen molar-refractivity contribution >= 4 is 11.9 Å². The van der Waals surface area contributed by atoms with E-state index in [1.54, 1.807) is 0 Å². The van der Waals surface area contributed by atoms with Crippen LogP contribution in [-0.4, -0.2) is 25.1 Å². The Bertz CT molecular complexity index is 171. The molecule has 0 aromatic carbocycles. The molecule has 0 aliphatic heterocycles. The van der Waals surface area contributed by atoms with Crippen molar-refractivity contribution in [1.82, 2.24) is 0 Å². The minimum atomic E-state index is -0.867. The Morgan fingerprint density at radius 3 is 2.50 bits per heavy atom. The molecule has 0 spiro atoms. The van der Waals surface area contributed by atoms with Gasteiger partial charge in [-0.15, -0.1) is 0 Å². The zero-order valence-electron chi connectivity index (χ0n) is 6.78. The SMILES string of the molecule is COC(=O)CC[C@H](N)C(=O)ON. The van der Waals surface area contributed by atoms with E-state index in [0.717, 1.165) is 0 Å². The molecule has 6 heteroatoms. The summed E-state index contributed by atoms with van der Waals surface area (Å²) < 4.78 is 4.34. The van der Waals surface area contributed by atoms with Gasteiger partial charge in [-0.25, -0.2) is 4.79 Å². The van der Waals surface area contributed by atoms with Crippen LogP contribution in [0.4, 0.5) is 0 Å². The van der Waals surface area contributed by atoms with E-state index < -0.39 is 18.0 Å². The number of hydrogen-bond donors (Lipinski definition) is 2. The quantitative estimate of drug-likeness (QED) is 0.406. The predicted octanol–water partition coefficient (Wildman–Crippen LogP) is -1.32. The maximum absolute atomic E-state index is 10.6. The van der Waals surface area contributed by atoms with Crippen molar-refractivity contribution in [2.75, 3.05) is 7.11 Å². The summed E-state index contributed by atoms with van der Waals surface area (Å²) in [7, 11) is 1.26. The summed E-state index contributed by atoms with van der Waals surface area (Å²) in [4.78, 5) is 25.0. The number of hydrogen-bond acceptors (Lipinski definition) is 6. The van der Waals surface area contributed by atoms with Gasteiger partial charge in [0.25, 0.3) is 0 Å². The molecule has 6 nitrogen and oxygen atoms in total. The van der Waals surface area contributed by atoms with Crippen molar-refractivity contribution in [2.45, 2.75) is 18.9 Å². The van der Waals surface area contributed by atoms with Gasteiger partial charge < -0.3 is 15.3 Å². The first-order chi connectivity index (χ1) is 5.61. The Balaban J connectivity index is 3.63. The van der Waals surface area contributed by atoms with Crippen molar-refractivity contribution in [2.24, 2.45) is 11.6 Å². The normalized spacial score (nSPS) is 11.9. The average Bonchev–Trinajstić information content (AvgIpc) is 2.11. The van der Waals surface area contributed by atoms with E-state index >= 15 is 0 Å². The van der Waals surface area contributed by atoms with Crippen LogP contribution in [0.25, 0.3) is 0 Å². The molecule has 0 unspecified atom stereocenters. The fourth-order valence-corrected chi connectivity index (χ4v) is 0.581. The number of nitrogens with two attached hydrogens (primary N) is 2. The van der Waals surface area contributed by atoms with Crippen molar-refractivity contribution in [3.05, 3.63) is 0 Å². The number of rotatable bonds is 4. The van der Waals surface area contributed by atoms with Gasteiger partial charge in [-0.2, -0.15) is 5.90 Å². The van der Waals surface area contributed by atoms with Crippen LogP contribution >= 0.6 is 0 Å². The van der Waals surface area contributed by atoms with Crippen LogP contribution < -0.4 is 11.6 Å². The zero-order chi connectivity index (χ0) is 9.56. The molecule has 0 rings (SSSR count). The lowest BCUT2D eigenvalue weighted by atomic mass is 10.2. The van der Waals surface area contributed by atoms with Crippen molar-refractivity contribution in [3.8, 4) is 0 Å². The summed E-state index contributed by atoms with van der Waals surface area (Å²) in [6.07, 6.45) is 0.246. The zero-order valence-corrected chi connectivity index (χ0v) is 6.78. The summed E-state index contributed by atoms with van der Waals surface area (Å²) in [5.74, 6) is 3.41. The van der Waals surface area contributed by atoms with E-state index in [-0.39, 0.29) is 12.8 Å². The minimum absolute atomic E-state index is 0.0762. The molecule has 1 atom stereocenters. The Morgan fingerprint density at radius 2 is 2.08 bits per heavy atom. The summed E-state index contributed by atoms with van der Waals surface area (Å²) >= 11 is 0. The molecular weight excluding hydrogens is 164 g/mol. The molecule has 0 radical (unpaired) electrons. The van der Waals surface area contributed by atoms with Gasteiger partial charge in [0, 0.05) is 6.42 Å². The number of ether oxygens (including phenoxy) is 1. The summed E-state index contributed by atoms with van der Waals surface area (Å²) in [6.45, 7) is 0. The highest BCUT2D eigenvalue weighted by molar-refractivity contribution is 5.76.